The summed E-state index contributed by atoms with van der Waals surface area (Å²) in [4.78, 5) is 12.9. The van der Waals surface area contributed by atoms with Crippen molar-refractivity contribution in [3.63, 3.8) is 0 Å². The van der Waals surface area contributed by atoms with E-state index >= 15 is 0 Å². The molecule has 0 fully saturated rings. The van der Waals surface area contributed by atoms with Crippen molar-refractivity contribution in [3.8, 4) is 0 Å². The average Bonchev–Trinajstić information content (AvgIpc) is 2.90. The van der Waals surface area contributed by atoms with E-state index in [2.05, 4.69) is 0 Å². The zero-order valence-electron chi connectivity index (χ0n) is 12.3. The second-order valence-electron chi connectivity index (χ2n) is 5.50. The van der Waals surface area contributed by atoms with Gasteiger partial charge in [-0.3, -0.25) is 4.79 Å². The first-order valence-electron chi connectivity index (χ1n) is 7.45. The molecule has 0 amide bonds. The minimum absolute atomic E-state index is 0.00828. The van der Waals surface area contributed by atoms with Gasteiger partial charge in [-0.2, -0.15) is 0 Å². The van der Waals surface area contributed by atoms with Crippen molar-refractivity contribution >= 4 is 16.9 Å². The second kappa shape index (κ2) is 5.33. The Bertz CT molecular complexity index is 922. The quantitative estimate of drug-likeness (QED) is 0.652. The predicted molar refractivity (Wildman–Crippen MR) is 89.5 cm³/mol. The van der Waals surface area contributed by atoms with Gasteiger partial charge in [0.25, 0.3) is 0 Å². The van der Waals surface area contributed by atoms with Crippen LogP contribution in [-0.4, -0.2) is 5.78 Å². The summed E-state index contributed by atoms with van der Waals surface area (Å²) in [6, 6.07) is 23.6. The van der Waals surface area contributed by atoms with Crippen LogP contribution in [0.15, 0.2) is 78.9 Å². The van der Waals surface area contributed by atoms with Crippen LogP contribution in [0.5, 0.6) is 0 Å². The minimum Gasteiger partial charge on any atom is -0.289 e. The summed E-state index contributed by atoms with van der Waals surface area (Å²) in [6.07, 6.45) is 0. The van der Waals surface area contributed by atoms with E-state index in [4.69, 9.17) is 0 Å². The van der Waals surface area contributed by atoms with Gasteiger partial charge < -0.3 is 0 Å². The lowest BCUT2D eigenvalue weighted by molar-refractivity contribution is 0.105. The van der Waals surface area contributed by atoms with Gasteiger partial charge in [-0.05, 0) is 28.8 Å². The molecule has 0 unspecified atom stereocenters. The molecule has 0 atom stereocenters. The molecule has 0 aromatic heterocycles. The van der Waals surface area contributed by atoms with Crippen LogP contribution in [0.25, 0.3) is 11.1 Å². The van der Waals surface area contributed by atoms with Crippen LogP contribution in [0.1, 0.15) is 27.0 Å². The molecule has 2 heteroatoms. The highest BCUT2D eigenvalue weighted by atomic mass is 19.1. The molecule has 0 saturated carbocycles. The molecule has 110 valence electrons. The molecule has 0 aliphatic heterocycles. The summed E-state index contributed by atoms with van der Waals surface area (Å²) >= 11 is 0. The number of carbonyl (C=O) groups is 1. The molecule has 0 radical (unpaired) electrons. The largest absolute Gasteiger partial charge is 0.289 e. The molecule has 3 aromatic carbocycles. The Morgan fingerprint density at radius 3 is 1.83 bits per heavy atom. The van der Waals surface area contributed by atoms with Crippen molar-refractivity contribution in [1.29, 1.82) is 0 Å². The average molecular weight is 300 g/mol. The number of halogens is 1. The number of hydrogen-bond donors (Lipinski definition) is 0. The Hall–Kier alpha value is -3.00. The normalized spacial score (nSPS) is 13.3. The molecule has 0 bridgehead atoms. The Morgan fingerprint density at radius 1 is 0.565 bits per heavy atom. The summed E-state index contributed by atoms with van der Waals surface area (Å²) in [6.45, 7) is 0. The number of Topliss-reactive ketones (excluding diaryl/α,β-unsaturated/α-hetero) is 1. The fraction of sp³-hybridized carbons (Fsp3) is 0. The lowest BCUT2D eigenvalue weighted by atomic mass is 9.94. The van der Waals surface area contributed by atoms with Gasteiger partial charge in [-0.25, -0.2) is 4.39 Å². The molecule has 1 aliphatic carbocycles. The number of allylic oxidation sites excluding steroid dienone is 1. The highest BCUT2D eigenvalue weighted by molar-refractivity contribution is 6.41. The second-order valence-corrected chi connectivity index (χ2v) is 5.50. The Labute approximate surface area is 133 Å². The zero-order valence-corrected chi connectivity index (χ0v) is 12.3. The van der Waals surface area contributed by atoms with Crippen molar-refractivity contribution in [3.05, 3.63) is 107 Å². The van der Waals surface area contributed by atoms with Gasteiger partial charge >= 0.3 is 0 Å². The van der Waals surface area contributed by atoms with Crippen molar-refractivity contribution < 1.29 is 9.18 Å². The van der Waals surface area contributed by atoms with Gasteiger partial charge in [0.15, 0.2) is 5.78 Å². The Balaban J connectivity index is 2.02. The maximum atomic E-state index is 13.3. The molecule has 1 nitrogen and oxygen atoms in total. The van der Waals surface area contributed by atoms with Crippen LogP contribution in [-0.2, 0) is 0 Å². The predicted octanol–water partition coefficient (Wildman–Crippen LogP) is 4.98. The first kappa shape index (κ1) is 13.6. The lowest BCUT2D eigenvalue weighted by Gasteiger charge is -2.08. The number of hydrogen-bond acceptors (Lipinski definition) is 1. The van der Waals surface area contributed by atoms with Crippen LogP contribution in [0.2, 0.25) is 0 Å². The maximum Gasteiger partial charge on any atom is 0.194 e. The summed E-state index contributed by atoms with van der Waals surface area (Å²) in [5, 5.41) is 0. The molecule has 23 heavy (non-hydrogen) atoms. The molecule has 0 saturated heterocycles. The number of benzene rings is 3. The van der Waals surface area contributed by atoms with Crippen molar-refractivity contribution in [1.82, 2.24) is 0 Å². The van der Waals surface area contributed by atoms with Crippen LogP contribution in [0.4, 0.5) is 4.39 Å². The van der Waals surface area contributed by atoms with E-state index < -0.39 is 0 Å². The van der Waals surface area contributed by atoms with Crippen LogP contribution < -0.4 is 0 Å². The van der Waals surface area contributed by atoms with Crippen LogP contribution in [0, 0.1) is 5.82 Å². The monoisotopic (exact) mass is 300 g/mol. The maximum absolute atomic E-state index is 13.3. The highest BCUT2D eigenvalue weighted by Gasteiger charge is 2.30. The first-order valence-corrected chi connectivity index (χ1v) is 7.45. The van der Waals surface area contributed by atoms with Crippen molar-refractivity contribution in [2.45, 2.75) is 0 Å². The molecular weight excluding hydrogens is 287 g/mol. The van der Waals surface area contributed by atoms with Gasteiger partial charge in [0.2, 0.25) is 0 Å². The van der Waals surface area contributed by atoms with Crippen LogP contribution in [0.3, 0.4) is 0 Å². The van der Waals surface area contributed by atoms with Crippen molar-refractivity contribution in [2.75, 3.05) is 0 Å². The third-order valence-corrected chi connectivity index (χ3v) is 4.11. The van der Waals surface area contributed by atoms with Gasteiger partial charge in [0.1, 0.15) is 5.82 Å². The number of fused-ring (bicyclic) bond motifs is 1. The van der Waals surface area contributed by atoms with Crippen LogP contribution >= 0.6 is 0 Å². The molecule has 4 rings (SSSR count). The van der Waals surface area contributed by atoms with E-state index in [0.29, 0.717) is 11.1 Å². The van der Waals surface area contributed by atoms with E-state index in [1.165, 1.54) is 12.1 Å². The third kappa shape index (κ3) is 2.20. The van der Waals surface area contributed by atoms with Crippen molar-refractivity contribution in [2.24, 2.45) is 0 Å². The number of ketones is 1. The molecular formula is C21H13FO. The zero-order chi connectivity index (χ0) is 15.8. The Morgan fingerprint density at radius 2 is 1.13 bits per heavy atom. The summed E-state index contributed by atoms with van der Waals surface area (Å²) < 4.78 is 13.3. The Kier molecular flexibility index (Phi) is 3.16. The van der Waals surface area contributed by atoms with Gasteiger partial charge in [-0.15, -0.1) is 0 Å². The summed E-state index contributed by atoms with van der Waals surface area (Å²) in [7, 11) is 0. The van der Waals surface area contributed by atoms with Gasteiger partial charge in [0.05, 0.1) is 0 Å². The number of rotatable bonds is 2. The fourth-order valence-corrected chi connectivity index (χ4v) is 3.08. The standard InChI is InChI=1S/C21H13FO/c22-16-12-10-15(11-13-16)20-19(14-6-2-1-3-7-14)17-8-4-5-9-18(17)21(20)23/h1-13H. The molecule has 1 aliphatic rings. The van der Waals surface area contributed by atoms with E-state index in [1.807, 2.05) is 54.6 Å². The van der Waals surface area contributed by atoms with E-state index in [9.17, 15) is 9.18 Å². The SMILES string of the molecule is O=C1C(c2ccc(F)cc2)=C(c2ccccc2)c2ccccc21. The lowest BCUT2D eigenvalue weighted by Crippen LogP contribution is -1.98. The smallest absolute Gasteiger partial charge is 0.194 e. The molecule has 0 N–H and O–H groups in total. The summed E-state index contributed by atoms with van der Waals surface area (Å²) in [5.74, 6) is -0.315. The highest BCUT2D eigenvalue weighted by Crippen LogP contribution is 2.41. The molecule has 0 spiro atoms. The van der Waals surface area contributed by atoms with E-state index in [0.717, 1.165) is 22.3 Å². The first-order chi connectivity index (χ1) is 11.3. The molecule has 3 aromatic rings. The topological polar surface area (TPSA) is 17.1 Å². The van der Waals surface area contributed by atoms with E-state index in [1.54, 1.807) is 12.1 Å². The summed E-state index contributed by atoms with van der Waals surface area (Å²) in [5.41, 5.74) is 4.92. The number of carbonyl (C=O) groups excluding carboxylic acids is 1. The van der Waals surface area contributed by atoms with Gasteiger partial charge in [0, 0.05) is 16.7 Å². The third-order valence-electron chi connectivity index (χ3n) is 4.11. The minimum atomic E-state index is -0.307. The van der Waals surface area contributed by atoms with Gasteiger partial charge in [-0.1, -0.05) is 66.7 Å². The van der Waals surface area contributed by atoms with E-state index in [-0.39, 0.29) is 11.6 Å². The fourth-order valence-electron chi connectivity index (χ4n) is 3.08. The molecule has 0 heterocycles.